The fourth-order valence-electron chi connectivity index (χ4n) is 2.66. The van der Waals surface area contributed by atoms with Crippen LogP contribution in [0.1, 0.15) is 37.7 Å². The van der Waals surface area contributed by atoms with Crippen molar-refractivity contribution in [1.82, 2.24) is 14.8 Å². The normalized spacial score (nSPS) is 10.6. The SMILES string of the molecule is CCOC(=O)c1nn(Cc2ccc(OC)cc2)cc1-c1nc(C)sc1C=O. The van der Waals surface area contributed by atoms with Gasteiger partial charge in [-0.2, -0.15) is 5.10 Å². The highest BCUT2D eigenvalue weighted by Crippen LogP contribution is 2.29. The van der Waals surface area contributed by atoms with Gasteiger partial charge < -0.3 is 9.47 Å². The third-order valence-corrected chi connectivity index (χ3v) is 4.75. The predicted octanol–water partition coefficient (Wildman–Crippen LogP) is 3.36. The lowest BCUT2D eigenvalue weighted by molar-refractivity contribution is 0.0519. The number of hydrogen-bond acceptors (Lipinski definition) is 7. The number of rotatable bonds is 7. The summed E-state index contributed by atoms with van der Waals surface area (Å²) in [5.74, 6) is 0.226. The Bertz CT molecular complexity index is 960. The number of ether oxygens (including phenoxy) is 2. The summed E-state index contributed by atoms with van der Waals surface area (Å²) in [4.78, 5) is 28.6. The van der Waals surface area contributed by atoms with Gasteiger partial charge in [0.2, 0.25) is 0 Å². The minimum Gasteiger partial charge on any atom is -0.497 e. The number of aryl methyl sites for hydroxylation is 1. The highest BCUT2D eigenvalue weighted by molar-refractivity contribution is 7.13. The van der Waals surface area contributed by atoms with Gasteiger partial charge in [0, 0.05) is 6.20 Å². The Balaban J connectivity index is 2.00. The molecule has 0 spiro atoms. The summed E-state index contributed by atoms with van der Waals surface area (Å²) in [5.41, 5.74) is 2.09. The van der Waals surface area contributed by atoms with Gasteiger partial charge in [0.15, 0.2) is 12.0 Å². The van der Waals surface area contributed by atoms with E-state index in [4.69, 9.17) is 9.47 Å². The van der Waals surface area contributed by atoms with Gasteiger partial charge in [-0.3, -0.25) is 9.48 Å². The molecule has 0 aliphatic carbocycles. The molecular weight excluding hydrogens is 366 g/mol. The Morgan fingerprint density at radius 2 is 2.04 bits per heavy atom. The maximum atomic E-state index is 12.4. The molecule has 0 aliphatic heterocycles. The maximum absolute atomic E-state index is 12.4. The lowest BCUT2D eigenvalue weighted by atomic mass is 10.1. The minimum atomic E-state index is -0.538. The number of methoxy groups -OCH3 is 1. The van der Waals surface area contributed by atoms with Crippen LogP contribution in [0.3, 0.4) is 0 Å². The van der Waals surface area contributed by atoms with E-state index in [-0.39, 0.29) is 12.3 Å². The second-order valence-electron chi connectivity index (χ2n) is 5.72. The van der Waals surface area contributed by atoms with E-state index in [2.05, 4.69) is 10.1 Å². The van der Waals surface area contributed by atoms with Crippen molar-refractivity contribution < 1.29 is 19.1 Å². The van der Waals surface area contributed by atoms with Crippen molar-refractivity contribution in [2.24, 2.45) is 0 Å². The maximum Gasteiger partial charge on any atom is 0.359 e. The Kier molecular flexibility index (Phi) is 5.66. The third kappa shape index (κ3) is 4.06. The Hall–Kier alpha value is -3.00. The molecule has 0 radical (unpaired) electrons. The first kappa shape index (κ1) is 18.8. The molecule has 140 valence electrons. The van der Waals surface area contributed by atoms with E-state index in [1.54, 1.807) is 24.9 Å². The summed E-state index contributed by atoms with van der Waals surface area (Å²) in [7, 11) is 1.61. The van der Waals surface area contributed by atoms with Crippen molar-refractivity contribution in [3.8, 4) is 17.0 Å². The molecule has 0 atom stereocenters. The first-order chi connectivity index (χ1) is 13.0. The number of carbonyl (C=O) groups is 2. The molecule has 0 unspecified atom stereocenters. The largest absolute Gasteiger partial charge is 0.497 e. The molecule has 1 aromatic carbocycles. The molecule has 7 nitrogen and oxygen atoms in total. The summed E-state index contributed by atoms with van der Waals surface area (Å²) in [5, 5.41) is 5.13. The van der Waals surface area contributed by atoms with Crippen LogP contribution in [-0.2, 0) is 11.3 Å². The van der Waals surface area contributed by atoms with Gasteiger partial charge in [-0.15, -0.1) is 11.3 Å². The summed E-state index contributed by atoms with van der Waals surface area (Å²) in [6.07, 6.45) is 2.47. The topological polar surface area (TPSA) is 83.3 Å². The smallest absolute Gasteiger partial charge is 0.359 e. The second-order valence-corrected chi connectivity index (χ2v) is 6.96. The van der Waals surface area contributed by atoms with Crippen LogP contribution in [0.25, 0.3) is 11.3 Å². The Morgan fingerprint density at radius 1 is 1.30 bits per heavy atom. The molecule has 8 heteroatoms. The number of carbonyl (C=O) groups excluding carboxylic acids is 2. The quantitative estimate of drug-likeness (QED) is 0.458. The van der Waals surface area contributed by atoms with Gasteiger partial charge in [-0.1, -0.05) is 12.1 Å². The zero-order valence-electron chi connectivity index (χ0n) is 15.3. The average Bonchev–Trinajstić information content (AvgIpc) is 3.25. The van der Waals surface area contributed by atoms with E-state index in [0.29, 0.717) is 22.7 Å². The highest BCUT2D eigenvalue weighted by Gasteiger charge is 2.23. The van der Waals surface area contributed by atoms with Crippen molar-refractivity contribution in [1.29, 1.82) is 0 Å². The van der Waals surface area contributed by atoms with Gasteiger partial charge in [0.05, 0.1) is 41.4 Å². The predicted molar refractivity (Wildman–Crippen MR) is 102 cm³/mol. The van der Waals surface area contributed by atoms with E-state index < -0.39 is 5.97 Å². The average molecular weight is 385 g/mol. The molecule has 0 bridgehead atoms. The summed E-state index contributed by atoms with van der Waals surface area (Å²) >= 11 is 1.28. The van der Waals surface area contributed by atoms with Crippen LogP contribution in [0.15, 0.2) is 30.5 Å². The molecule has 0 fully saturated rings. The number of benzene rings is 1. The zero-order valence-corrected chi connectivity index (χ0v) is 16.1. The summed E-state index contributed by atoms with van der Waals surface area (Å²) in [6, 6.07) is 7.57. The Labute approximate surface area is 160 Å². The van der Waals surface area contributed by atoms with E-state index in [1.165, 1.54) is 11.3 Å². The van der Waals surface area contributed by atoms with Crippen molar-refractivity contribution in [2.75, 3.05) is 13.7 Å². The Morgan fingerprint density at radius 3 is 2.67 bits per heavy atom. The first-order valence-corrected chi connectivity index (χ1v) is 9.17. The zero-order chi connectivity index (χ0) is 19.4. The lowest BCUT2D eigenvalue weighted by Crippen LogP contribution is -2.09. The van der Waals surface area contributed by atoms with Crippen molar-refractivity contribution in [2.45, 2.75) is 20.4 Å². The van der Waals surface area contributed by atoms with E-state index in [1.807, 2.05) is 31.2 Å². The second kappa shape index (κ2) is 8.13. The lowest BCUT2D eigenvalue weighted by Gasteiger charge is -2.03. The summed E-state index contributed by atoms with van der Waals surface area (Å²) < 4.78 is 11.9. The van der Waals surface area contributed by atoms with Crippen LogP contribution in [-0.4, -0.2) is 40.7 Å². The van der Waals surface area contributed by atoms with Crippen LogP contribution in [0, 0.1) is 6.92 Å². The van der Waals surface area contributed by atoms with E-state index >= 15 is 0 Å². The molecule has 2 heterocycles. The molecule has 3 aromatic rings. The fraction of sp³-hybridized carbons (Fsp3) is 0.263. The van der Waals surface area contributed by atoms with E-state index in [9.17, 15) is 9.59 Å². The fourth-order valence-corrected chi connectivity index (χ4v) is 3.42. The number of nitrogens with zero attached hydrogens (tertiary/aromatic N) is 3. The van der Waals surface area contributed by atoms with Crippen molar-refractivity contribution in [3.05, 3.63) is 51.6 Å². The molecular formula is C19H19N3O4S. The number of esters is 1. The number of thiazole rings is 1. The molecule has 0 amide bonds. The van der Waals surface area contributed by atoms with E-state index in [0.717, 1.165) is 22.6 Å². The molecule has 27 heavy (non-hydrogen) atoms. The standard InChI is InChI=1S/C19H19N3O4S/c1-4-26-19(24)18-15(17-16(11-23)27-12(2)20-17)10-22(21-18)9-13-5-7-14(25-3)8-6-13/h5-8,10-11H,4,9H2,1-3H3. The molecule has 2 aromatic heterocycles. The summed E-state index contributed by atoms with van der Waals surface area (Å²) in [6.45, 7) is 4.24. The van der Waals surface area contributed by atoms with Crippen LogP contribution in [0.2, 0.25) is 0 Å². The number of aromatic nitrogens is 3. The van der Waals surface area contributed by atoms with Gasteiger partial charge >= 0.3 is 5.97 Å². The van der Waals surface area contributed by atoms with Crippen molar-refractivity contribution >= 4 is 23.6 Å². The van der Waals surface area contributed by atoms with Gasteiger partial charge in [-0.25, -0.2) is 9.78 Å². The van der Waals surface area contributed by atoms with Gasteiger partial charge in [0.1, 0.15) is 5.75 Å². The molecule has 0 aliphatic rings. The van der Waals surface area contributed by atoms with Gasteiger partial charge in [-0.05, 0) is 31.5 Å². The van der Waals surface area contributed by atoms with Crippen LogP contribution < -0.4 is 4.74 Å². The van der Waals surface area contributed by atoms with Crippen LogP contribution in [0.5, 0.6) is 5.75 Å². The molecule has 3 rings (SSSR count). The number of aldehydes is 1. The van der Waals surface area contributed by atoms with Crippen LogP contribution >= 0.6 is 11.3 Å². The third-order valence-electron chi connectivity index (χ3n) is 3.86. The van der Waals surface area contributed by atoms with Crippen molar-refractivity contribution in [3.63, 3.8) is 0 Å². The molecule has 0 N–H and O–H groups in total. The molecule has 0 saturated carbocycles. The monoisotopic (exact) mass is 385 g/mol. The van der Waals surface area contributed by atoms with Gasteiger partial charge in [0.25, 0.3) is 0 Å². The highest BCUT2D eigenvalue weighted by atomic mass is 32.1. The number of hydrogen-bond donors (Lipinski definition) is 0. The minimum absolute atomic E-state index is 0.152. The van der Waals surface area contributed by atoms with Crippen LogP contribution in [0.4, 0.5) is 0 Å². The molecule has 0 saturated heterocycles. The first-order valence-electron chi connectivity index (χ1n) is 8.36.